The van der Waals surface area contributed by atoms with Gasteiger partial charge < -0.3 is 14.6 Å². The third kappa shape index (κ3) is 4.10. The summed E-state index contributed by atoms with van der Waals surface area (Å²) in [6.45, 7) is 1.72. The molecule has 2 rings (SSSR count). The lowest BCUT2D eigenvalue weighted by atomic mass is 10.1. The fourth-order valence-electron chi connectivity index (χ4n) is 2.33. The summed E-state index contributed by atoms with van der Waals surface area (Å²) < 4.78 is 7.13. The number of halogens is 1. The normalized spacial score (nSPS) is 10.2. The Morgan fingerprint density at radius 1 is 1.42 bits per heavy atom. The van der Waals surface area contributed by atoms with Crippen molar-refractivity contribution >= 4 is 27.5 Å². The molecule has 0 bridgehead atoms. The van der Waals surface area contributed by atoms with E-state index in [4.69, 9.17) is 4.74 Å². The van der Waals surface area contributed by atoms with Crippen molar-refractivity contribution in [2.75, 3.05) is 12.4 Å². The van der Waals surface area contributed by atoms with E-state index in [1.165, 1.54) is 11.7 Å². The van der Waals surface area contributed by atoms with Gasteiger partial charge in [-0.2, -0.15) is 5.26 Å². The molecule has 24 heavy (non-hydrogen) atoms. The van der Waals surface area contributed by atoms with Gasteiger partial charge in [0.05, 0.1) is 6.61 Å². The number of carbonyl (C=O) groups excluding carboxylic acids is 1. The number of aromatic nitrogens is 1. The van der Waals surface area contributed by atoms with Gasteiger partial charge in [-0.1, -0.05) is 22.0 Å². The molecule has 1 amide bonds. The van der Waals surface area contributed by atoms with Crippen molar-refractivity contribution in [3.05, 3.63) is 62.0 Å². The van der Waals surface area contributed by atoms with Crippen LogP contribution < -0.4 is 10.9 Å². The molecule has 0 fully saturated rings. The summed E-state index contributed by atoms with van der Waals surface area (Å²) >= 11 is 3.33. The highest BCUT2D eigenvalue weighted by Gasteiger charge is 2.15. The Labute approximate surface area is 147 Å². The van der Waals surface area contributed by atoms with Gasteiger partial charge in [0.1, 0.15) is 18.2 Å². The Kier molecular flexibility index (Phi) is 5.90. The van der Waals surface area contributed by atoms with E-state index >= 15 is 0 Å². The van der Waals surface area contributed by atoms with Crippen LogP contribution in [0.5, 0.6) is 0 Å². The lowest BCUT2D eigenvalue weighted by molar-refractivity contribution is -0.116. The second kappa shape index (κ2) is 7.90. The van der Waals surface area contributed by atoms with E-state index in [0.717, 1.165) is 4.47 Å². The Balaban J connectivity index is 2.28. The smallest absolute Gasteiger partial charge is 0.269 e. The summed E-state index contributed by atoms with van der Waals surface area (Å²) in [5.74, 6) is -0.346. The molecular formula is C17H16BrN3O3. The summed E-state index contributed by atoms with van der Waals surface area (Å²) in [5.41, 5.74) is 1.24. The minimum Gasteiger partial charge on any atom is -0.380 e. The van der Waals surface area contributed by atoms with E-state index in [9.17, 15) is 14.9 Å². The number of nitrogens with zero attached hydrogens (tertiary/aromatic N) is 2. The maximum absolute atomic E-state index is 12.5. The minimum absolute atomic E-state index is 0.00212. The van der Waals surface area contributed by atoms with Gasteiger partial charge in [0.2, 0.25) is 5.91 Å². The number of amides is 1. The second-order valence-corrected chi connectivity index (χ2v) is 6.10. The molecule has 0 unspecified atom stereocenters. The van der Waals surface area contributed by atoms with Gasteiger partial charge >= 0.3 is 0 Å². The number of pyridine rings is 1. The quantitative estimate of drug-likeness (QED) is 0.851. The zero-order chi connectivity index (χ0) is 17.7. The van der Waals surface area contributed by atoms with Crippen LogP contribution in [0.3, 0.4) is 0 Å². The van der Waals surface area contributed by atoms with Crippen LogP contribution in [0.25, 0.3) is 0 Å². The maximum atomic E-state index is 12.5. The lowest BCUT2D eigenvalue weighted by Gasteiger charge is -2.13. The highest BCUT2D eigenvalue weighted by Crippen LogP contribution is 2.15. The Hall–Kier alpha value is -2.43. The highest BCUT2D eigenvalue weighted by atomic mass is 79.9. The van der Waals surface area contributed by atoms with E-state index in [2.05, 4.69) is 21.2 Å². The van der Waals surface area contributed by atoms with E-state index in [1.807, 2.05) is 12.1 Å². The number of rotatable bonds is 5. The lowest BCUT2D eigenvalue weighted by Crippen LogP contribution is -2.31. The Morgan fingerprint density at radius 3 is 2.79 bits per heavy atom. The van der Waals surface area contributed by atoms with Crippen molar-refractivity contribution in [2.45, 2.75) is 20.1 Å². The number of aryl methyl sites for hydroxylation is 1. The van der Waals surface area contributed by atoms with Gasteiger partial charge in [-0.25, -0.2) is 0 Å². The highest BCUT2D eigenvalue weighted by molar-refractivity contribution is 9.10. The SMILES string of the molecule is COCc1cc(C)n(CC(=O)Nc2cccc(Br)c2)c(=O)c1C#N. The van der Waals surface area contributed by atoms with Crippen LogP contribution in [-0.2, 0) is 22.7 Å². The first kappa shape index (κ1) is 17.9. The van der Waals surface area contributed by atoms with Gasteiger partial charge in [0.15, 0.2) is 0 Å². The molecule has 0 atom stereocenters. The van der Waals surface area contributed by atoms with E-state index < -0.39 is 5.56 Å². The van der Waals surface area contributed by atoms with Crippen molar-refractivity contribution in [1.29, 1.82) is 5.26 Å². The van der Waals surface area contributed by atoms with Crippen LogP contribution >= 0.6 is 15.9 Å². The maximum Gasteiger partial charge on any atom is 0.269 e. The first-order valence-corrected chi connectivity index (χ1v) is 7.93. The van der Waals surface area contributed by atoms with Crippen LogP contribution in [-0.4, -0.2) is 17.6 Å². The van der Waals surface area contributed by atoms with Gasteiger partial charge in [-0.15, -0.1) is 0 Å². The molecule has 1 N–H and O–H groups in total. The van der Waals surface area contributed by atoms with Gasteiger partial charge in [0.25, 0.3) is 5.56 Å². The monoisotopic (exact) mass is 389 g/mol. The number of nitriles is 1. The van der Waals surface area contributed by atoms with E-state index in [-0.39, 0.29) is 24.6 Å². The molecule has 7 heteroatoms. The van der Waals surface area contributed by atoms with Crippen LogP contribution in [0.15, 0.2) is 39.6 Å². The van der Waals surface area contributed by atoms with Gasteiger partial charge in [-0.3, -0.25) is 9.59 Å². The summed E-state index contributed by atoms with van der Waals surface area (Å²) in [6.07, 6.45) is 0. The molecule has 0 aliphatic rings. The largest absolute Gasteiger partial charge is 0.380 e. The van der Waals surface area contributed by atoms with Crippen LogP contribution in [0, 0.1) is 18.3 Å². The average molecular weight is 390 g/mol. The molecule has 0 aliphatic carbocycles. The van der Waals surface area contributed by atoms with E-state index in [1.54, 1.807) is 31.2 Å². The zero-order valence-corrected chi connectivity index (χ0v) is 14.9. The third-order valence-electron chi connectivity index (χ3n) is 3.41. The molecule has 1 aromatic carbocycles. The predicted octanol–water partition coefficient (Wildman–Crippen LogP) is 2.58. The Morgan fingerprint density at radius 2 is 2.17 bits per heavy atom. The standard InChI is InChI=1S/C17H16BrN3O3/c1-11-6-12(10-24-2)15(8-19)17(23)21(11)9-16(22)20-14-5-3-4-13(18)7-14/h3-7H,9-10H2,1-2H3,(H,20,22). The summed E-state index contributed by atoms with van der Waals surface area (Å²) in [7, 11) is 1.49. The first-order chi connectivity index (χ1) is 11.5. The number of benzene rings is 1. The molecule has 1 heterocycles. The first-order valence-electron chi connectivity index (χ1n) is 7.14. The summed E-state index contributed by atoms with van der Waals surface area (Å²) in [4.78, 5) is 24.7. The molecule has 0 spiro atoms. The van der Waals surface area contributed by atoms with Crippen molar-refractivity contribution < 1.29 is 9.53 Å². The molecule has 2 aromatic rings. The van der Waals surface area contributed by atoms with Crippen LogP contribution in [0.2, 0.25) is 0 Å². The van der Waals surface area contributed by atoms with Crippen LogP contribution in [0.4, 0.5) is 5.69 Å². The molecule has 0 saturated carbocycles. The van der Waals surface area contributed by atoms with Gasteiger partial charge in [0, 0.05) is 28.5 Å². The molecule has 0 radical (unpaired) electrons. The molecule has 124 valence electrons. The number of anilines is 1. The second-order valence-electron chi connectivity index (χ2n) is 5.18. The van der Waals surface area contributed by atoms with Crippen LogP contribution in [0.1, 0.15) is 16.8 Å². The number of ether oxygens (including phenoxy) is 1. The molecule has 6 nitrogen and oxygen atoms in total. The number of nitrogens with one attached hydrogen (secondary N) is 1. The number of methoxy groups -OCH3 is 1. The van der Waals surface area contributed by atoms with Crippen molar-refractivity contribution in [3.8, 4) is 6.07 Å². The molecule has 0 aliphatic heterocycles. The number of hydrogen-bond donors (Lipinski definition) is 1. The fourth-order valence-corrected chi connectivity index (χ4v) is 2.73. The van der Waals surface area contributed by atoms with E-state index in [0.29, 0.717) is 16.9 Å². The van der Waals surface area contributed by atoms with Gasteiger partial charge in [-0.05, 0) is 31.2 Å². The molecular weight excluding hydrogens is 374 g/mol. The molecule has 0 saturated heterocycles. The number of carbonyl (C=O) groups is 1. The topological polar surface area (TPSA) is 84.1 Å². The van der Waals surface area contributed by atoms with Crippen molar-refractivity contribution in [2.24, 2.45) is 0 Å². The zero-order valence-electron chi connectivity index (χ0n) is 13.3. The average Bonchev–Trinajstić information content (AvgIpc) is 2.52. The Bertz CT molecular complexity index is 868. The minimum atomic E-state index is -0.492. The summed E-state index contributed by atoms with van der Waals surface area (Å²) in [6, 6.07) is 10.7. The summed E-state index contributed by atoms with van der Waals surface area (Å²) in [5, 5.41) is 11.9. The fraction of sp³-hybridized carbons (Fsp3) is 0.235. The number of hydrogen-bond acceptors (Lipinski definition) is 4. The third-order valence-corrected chi connectivity index (χ3v) is 3.90. The molecule has 1 aromatic heterocycles. The van der Waals surface area contributed by atoms with Crippen molar-refractivity contribution in [3.63, 3.8) is 0 Å². The van der Waals surface area contributed by atoms with Crippen molar-refractivity contribution in [1.82, 2.24) is 4.57 Å². The predicted molar refractivity (Wildman–Crippen MR) is 93.6 cm³/mol.